The van der Waals surface area contributed by atoms with Crippen molar-refractivity contribution in [3.05, 3.63) is 35.4 Å². The molecule has 1 aromatic rings. The second-order valence-corrected chi connectivity index (χ2v) is 2.58. The quantitative estimate of drug-likeness (QED) is 0.414. The maximum atomic E-state index is 11.1. The highest BCUT2D eigenvalue weighted by Gasteiger charge is 2.11. The van der Waals surface area contributed by atoms with Crippen molar-refractivity contribution in [1.82, 2.24) is 0 Å². The summed E-state index contributed by atoms with van der Waals surface area (Å²) in [7, 11) is 0. The van der Waals surface area contributed by atoms with Gasteiger partial charge in [-0.05, 0) is 18.2 Å². The lowest BCUT2D eigenvalue weighted by Crippen LogP contribution is -2.07. The number of ether oxygens (including phenoxy) is 2. The van der Waals surface area contributed by atoms with E-state index in [4.69, 9.17) is 0 Å². The number of carbonyl (C=O) groups is 4. The zero-order valence-corrected chi connectivity index (χ0v) is 7.91. The van der Waals surface area contributed by atoms with Gasteiger partial charge < -0.3 is 9.47 Å². The Hall–Kier alpha value is -2.50. The van der Waals surface area contributed by atoms with Crippen LogP contribution in [0.4, 0.5) is 0 Å². The fourth-order valence-electron chi connectivity index (χ4n) is 0.997. The van der Waals surface area contributed by atoms with Crippen molar-refractivity contribution in [2.45, 2.75) is 0 Å². The van der Waals surface area contributed by atoms with E-state index in [9.17, 15) is 19.2 Å². The molecule has 0 aliphatic carbocycles. The summed E-state index contributed by atoms with van der Waals surface area (Å²) >= 11 is 0. The summed E-state index contributed by atoms with van der Waals surface area (Å²) < 4.78 is 8.16. The van der Waals surface area contributed by atoms with Crippen LogP contribution in [0, 0.1) is 0 Å². The third-order valence-electron chi connectivity index (χ3n) is 1.64. The van der Waals surface area contributed by atoms with Crippen LogP contribution in [-0.4, -0.2) is 24.9 Å². The van der Waals surface area contributed by atoms with Crippen molar-refractivity contribution < 1.29 is 28.7 Å². The van der Waals surface area contributed by atoms with Crippen LogP contribution in [-0.2, 0) is 19.1 Å². The second kappa shape index (κ2) is 5.40. The third-order valence-corrected chi connectivity index (χ3v) is 1.64. The molecular formula is C10H6O6. The molecular weight excluding hydrogens is 216 g/mol. The first-order valence-corrected chi connectivity index (χ1v) is 4.08. The van der Waals surface area contributed by atoms with Crippen LogP contribution in [0.25, 0.3) is 0 Å². The Morgan fingerprint density at radius 3 is 1.75 bits per heavy atom. The van der Waals surface area contributed by atoms with E-state index >= 15 is 0 Å². The van der Waals surface area contributed by atoms with Crippen LogP contribution >= 0.6 is 0 Å². The average molecular weight is 222 g/mol. The number of carbonyl (C=O) groups excluding carboxylic acids is 4. The SMILES string of the molecule is O=COC(=O)c1cccc(C(=O)OC=O)c1. The largest absolute Gasteiger partial charge is 0.392 e. The smallest absolute Gasteiger partial charge is 0.345 e. The Morgan fingerprint density at radius 2 is 1.38 bits per heavy atom. The first-order chi connectivity index (χ1) is 7.69. The zero-order valence-electron chi connectivity index (χ0n) is 7.91. The molecule has 0 aliphatic heterocycles. The van der Waals surface area contributed by atoms with Crippen molar-refractivity contribution in [2.75, 3.05) is 0 Å². The summed E-state index contributed by atoms with van der Waals surface area (Å²) in [6.45, 7) is -0.0303. The summed E-state index contributed by atoms with van der Waals surface area (Å²) in [5, 5.41) is 0. The summed E-state index contributed by atoms with van der Waals surface area (Å²) in [5.41, 5.74) is 0.0138. The highest BCUT2D eigenvalue weighted by molar-refractivity contribution is 5.98. The lowest BCUT2D eigenvalue weighted by atomic mass is 10.1. The molecule has 0 unspecified atom stereocenters. The Labute approximate surface area is 89.8 Å². The predicted molar refractivity (Wildman–Crippen MR) is 49.4 cm³/mol. The third kappa shape index (κ3) is 2.74. The van der Waals surface area contributed by atoms with E-state index < -0.39 is 11.9 Å². The summed E-state index contributed by atoms with van der Waals surface area (Å²) in [6, 6.07) is 5.24. The molecule has 1 rings (SSSR count). The van der Waals surface area contributed by atoms with Crippen molar-refractivity contribution in [3.63, 3.8) is 0 Å². The topological polar surface area (TPSA) is 86.7 Å². The Bertz CT molecular complexity index is 399. The maximum absolute atomic E-state index is 11.1. The minimum atomic E-state index is -0.893. The molecule has 0 fully saturated rings. The molecule has 0 heterocycles. The van der Waals surface area contributed by atoms with Crippen LogP contribution in [0.2, 0.25) is 0 Å². The van der Waals surface area contributed by atoms with Crippen molar-refractivity contribution in [1.29, 1.82) is 0 Å². The Morgan fingerprint density at radius 1 is 0.938 bits per heavy atom. The lowest BCUT2D eigenvalue weighted by molar-refractivity contribution is -0.124. The molecule has 0 aromatic heterocycles. The van der Waals surface area contributed by atoms with Crippen LogP contribution in [0.3, 0.4) is 0 Å². The van der Waals surface area contributed by atoms with E-state index in [1.165, 1.54) is 18.2 Å². The minimum absolute atomic E-state index is 0.00690. The van der Waals surface area contributed by atoms with Gasteiger partial charge in [0.2, 0.25) is 0 Å². The highest BCUT2D eigenvalue weighted by Crippen LogP contribution is 2.07. The maximum Gasteiger partial charge on any atom is 0.345 e. The number of hydrogen-bond donors (Lipinski definition) is 0. The van der Waals surface area contributed by atoms with E-state index in [2.05, 4.69) is 9.47 Å². The van der Waals surface area contributed by atoms with Crippen LogP contribution in [0.1, 0.15) is 20.7 Å². The highest BCUT2D eigenvalue weighted by atomic mass is 16.6. The summed E-state index contributed by atoms with van der Waals surface area (Å²) in [6.07, 6.45) is 0. The van der Waals surface area contributed by atoms with Gasteiger partial charge in [0.15, 0.2) is 0 Å². The predicted octanol–water partition coefficient (Wildman–Crippen LogP) is 0.313. The molecule has 0 amide bonds. The van der Waals surface area contributed by atoms with Gasteiger partial charge in [0.25, 0.3) is 0 Å². The second-order valence-electron chi connectivity index (χ2n) is 2.58. The van der Waals surface area contributed by atoms with Gasteiger partial charge in [0.05, 0.1) is 11.1 Å². The molecule has 6 heteroatoms. The molecule has 0 radical (unpaired) electrons. The van der Waals surface area contributed by atoms with Gasteiger partial charge in [-0.15, -0.1) is 0 Å². The zero-order chi connectivity index (χ0) is 12.0. The standard InChI is InChI=1S/C10H6O6/c11-5-15-9(13)7-2-1-3-8(4-7)10(14)16-6-12/h1-6H. The van der Waals surface area contributed by atoms with Gasteiger partial charge in [-0.2, -0.15) is 0 Å². The molecule has 0 spiro atoms. The van der Waals surface area contributed by atoms with E-state index in [0.29, 0.717) is 0 Å². The van der Waals surface area contributed by atoms with Gasteiger partial charge in [-0.1, -0.05) is 6.07 Å². The first kappa shape index (κ1) is 11.6. The number of hydrogen-bond acceptors (Lipinski definition) is 6. The minimum Gasteiger partial charge on any atom is -0.392 e. The van der Waals surface area contributed by atoms with E-state index in [1.807, 2.05) is 0 Å². The Balaban J connectivity index is 2.94. The molecule has 16 heavy (non-hydrogen) atoms. The molecule has 0 atom stereocenters. The summed E-state index contributed by atoms with van der Waals surface area (Å²) in [5.74, 6) is -1.79. The molecule has 0 bridgehead atoms. The van der Waals surface area contributed by atoms with Gasteiger partial charge in [-0.25, -0.2) is 9.59 Å². The van der Waals surface area contributed by atoms with Gasteiger partial charge in [0.1, 0.15) is 0 Å². The van der Waals surface area contributed by atoms with E-state index in [0.717, 1.165) is 6.07 Å². The molecule has 82 valence electrons. The van der Waals surface area contributed by atoms with E-state index in [1.54, 1.807) is 0 Å². The lowest BCUT2D eigenvalue weighted by Gasteiger charge is -2.00. The average Bonchev–Trinajstić information content (AvgIpc) is 2.30. The van der Waals surface area contributed by atoms with Crippen molar-refractivity contribution in [3.8, 4) is 0 Å². The van der Waals surface area contributed by atoms with Crippen molar-refractivity contribution >= 4 is 24.9 Å². The monoisotopic (exact) mass is 222 g/mol. The normalized spacial score (nSPS) is 9.00. The van der Waals surface area contributed by atoms with Crippen LogP contribution in [0.5, 0.6) is 0 Å². The molecule has 0 N–H and O–H groups in total. The molecule has 6 nitrogen and oxygen atoms in total. The van der Waals surface area contributed by atoms with Crippen LogP contribution < -0.4 is 0 Å². The van der Waals surface area contributed by atoms with E-state index in [-0.39, 0.29) is 24.1 Å². The van der Waals surface area contributed by atoms with Crippen molar-refractivity contribution in [2.24, 2.45) is 0 Å². The number of esters is 2. The molecule has 1 aromatic carbocycles. The molecule has 0 saturated carbocycles. The number of benzene rings is 1. The van der Waals surface area contributed by atoms with Gasteiger partial charge in [0, 0.05) is 0 Å². The molecule has 0 aliphatic rings. The molecule has 0 saturated heterocycles. The fraction of sp³-hybridized carbons (Fsp3) is 0. The van der Waals surface area contributed by atoms with Crippen LogP contribution in [0.15, 0.2) is 24.3 Å². The van der Waals surface area contributed by atoms with Gasteiger partial charge in [-0.3, -0.25) is 9.59 Å². The first-order valence-electron chi connectivity index (χ1n) is 4.08. The number of rotatable bonds is 4. The fourth-order valence-corrected chi connectivity index (χ4v) is 0.997. The van der Waals surface area contributed by atoms with Gasteiger partial charge >= 0.3 is 24.9 Å². The Kier molecular flexibility index (Phi) is 3.90. The summed E-state index contributed by atoms with van der Waals surface area (Å²) in [4.78, 5) is 42.1.